The molecule has 0 aliphatic rings. The molecule has 0 aliphatic heterocycles. The summed E-state index contributed by atoms with van der Waals surface area (Å²) >= 11 is 0. The van der Waals surface area contributed by atoms with E-state index in [-0.39, 0.29) is 5.78 Å². The van der Waals surface area contributed by atoms with E-state index in [4.69, 9.17) is 0 Å². The number of carbonyl (C=O) groups excluding carboxylic acids is 1. The number of ketones is 1. The normalized spacial score (nSPS) is 11.4. The van der Waals surface area contributed by atoms with E-state index < -0.39 is 0 Å². The minimum atomic E-state index is -0.0197. The van der Waals surface area contributed by atoms with Crippen LogP contribution >= 0.6 is 0 Å². The number of hydrogen-bond acceptors (Lipinski definition) is 4. The maximum Gasteiger partial charge on any atom is 0.163 e. The molecule has 0 fully saturated rings. The lowest BCUT2D eigenvalue weighted by atomic mass is 10.1. The number of pyridine rings is 1. The van der Waals surface area contributed by atoms with E-state index in [1.807, 2.05) is 41.9 Å². The second-order valence-corrected chi connectivity index (χ2v) is 4.40. The molecule has 98 valence electrons. The van der Waals surface area contributed by atoms with Crippen molar-refractivity contribution < 1.29 is 4.79 Å². The van der Waals surface area contributed by atoms with Crippen LogP contribution in [0.4, 0.5) is 0 Å². The van der Waals surface area contributed by atoms with Gasteiger partial charge in [0.1, 0.15) is 0 Å². The Balaban J connectivity index is 2.59. The second kappa shape index (κ2) is 5.48. The summed E-state index contributed by atoms with van der Waals surface area (Å²) in [5, 5.41) is 0. The fraction of sp³-hybridized carbons (Fsp3) is 0.214. The van der Waals surface area contributed by atoms with Gasteiger partial charge in [-0.3, -0.25) is 9.78 Å². The van der Waals surface area contributed by atoms with Crippen LogP contribution in [0.25, 0.3) is 11.3 Å². The molecule has 2 aromatic rings. The van der Waals surface area contributed by atoms with Gasteiger partial charge in [-0.05, 0) is 19.1 Å². The van der Waals surface area contributed by atoms with Gasteiger partial charge in [0.05, 0.1) is 23.3 Å². The first-order valence-electron chi connectivity index (χ1n) is 5.92. The van der Waals surface area contributed by atoms with Gasteiger partial charge in [0.25, 0.3) is 0 Å². The van der Waals surface area contributed by atoms with Crippen LogP contribution in [0.3, 0.4) is 0 Å². The Morgan fingerprint density at radius 3 is 2.74 bits per heavy atom. The quantitative estimate of drug-likeness (QED) is 0.782. The number of allylic oxidation sites excluding steroid dienone is 1. The van der Waals surface area contributed by atoms with E-state index in [1.165, 1.54) is 0 Å². The summed E-state index contributed by atoms with van der Waals surface area (Å²) in [6, 6.07) is 3.75. The Bertz CT molecular complexity index is 600. The Labute approximate surface area is 112 Å². The second-order valence-electron chi connectivity index (χ2n) is 4.40. The van der Waals surface area contributed by atoms with Crippen molar-refractivity contribution in [2.45, 2.75) is 6.92 Å². The largest absolute Gasteiger partial charge is 0.383 e. The van der Waals surface area contributed by atoms with Crippen molar-refractivity contribution in [3.8, 4) is 5.69 Å². The summed E-state index contributed by atoms with van der Waals surface area (Å²) in [6.07, 6.45) is 8.68. The molecule has 0 saturated carbocycles. The van der Waals surface area contributed by atoms with E-state index >= 15 is 0 Å². The third-order valence-electron chi connectivity index (χ3n) is 2.59. The SMILES string of the molecule is CC(=O)C(=CN(C)C)c1ncccc1-n1ccnc1. The van der Waals surface area contributed by atoms with Crippen LogP contribution in [0.15, 0.2) is 43.3 Å². The highest BCUT2D eigenvalue weighted by Gasteiger charge is 2.14. The van der Waals surface area contributed by atoms with Crippen molar-refractivity contribution in [1.82, 2.24) is 19.4 Å². The zero-order chi connectivity index (χ0) is 13.8. The average Bonchev–Trinajstić information content (AvgIpc) is 2.89. The molecular weight excluding hydrogens is 240 g/mol. The summed E-state index contributed by atoms with van der Waals surface area (Å²) in [4.78, 5) is 22.0. The van der Waals surface area contributed by atoms with Crippen LogP contribution in [-0.4, -0.2) is 39.3 Å². The summed E-state index contributed by atoms with van der Waals surface area (Å²) in [5.74, 6) is -0.0197. The molecule has 0 N–H and O–H groups in total. The number of nitrogens with zero attached hydrogens (tertiary/aromatic N) is 4. The van der Waals surface area contributed by atoms with Crippen molar-refractivity contribution in [3.05, 3.63) is 48.9 Å². The van der Waals surface area contributed by atoms with Crippen molar-refractivity contribution >= 4 is 11.4 Å². The number of hydrogen-bond donors (Lipinski definition) is 0. The summed E-state index contributed by atoms with van der Waals surface area (Å²) in [7, 11) is 3.76. The van der Waals surface area contributed by atoms with Gasteiger partial charge in [0.2, 0.25) is 0 Å². The van der Waals surface area contributed by atoms with Crippen LogP contribution in [0.5, 0.6) is 0 Å². The number of rotatable bonds is 4. The highest BCUT2D eigenvalue weighted by molar-refractivity contribution is 6.19. The molecule has 0 radical (unpaired) electrons. The molecule has 0 saturated heterocycles. The molecule has 0 bridgehead atoms. The number of imidazole rings is 1. The van der Waals surface area contributed by atoms with Gasteiger partial charge in [-0.1, -0.05) is 0 Å². The van der Waals surface area contributed by atoms with E-state index in [1.54, 1.807) is 31.8 Å². The molecule has 19 heavy (non-hydrogen) atoms. The maximum atomic E-state index is 11.8. The molecule has 0 atom stereocenters. The van der Waals surface area contributed by atoms with Gasteiger partial charge in [-0.2, -0.15) is 0 Å². The monoisotopic (exact) mass is 256 g/mol. The number of carbonyl (C=O) groups is 1. The highest BCUT2D eigenvalue weighted by atomic mass is 16.1. The van der Waals surface area contributed by atoms with Gasteiger partial charge in [0, 0.05) is 38.9 Å². The molecule has 5 nitrogen and oxygen atoms in total. The minimum absolute atomic E-state index is 0.0197. The summed E-state index contributed by atoms with van der Waals surface area (Å²) in [5.41, 5.74) is 2.07. The smallest absolute Gasteiger partial charge is 0.163 e. The van der Waals surface area contributed by atoms with E-state index in [0.717, 1.165) is 5.69 Å². The molecule has 5 heteroatoms. The Morgan fingerprint density at radius 2 is 2.16 bits per heavy atom. The van der Waals surface area contributed by atoms with Gasteiger partial charge in [-0.15, -0.1) is 0 Å². The molecule has 2 heterocycles. The zero-order valence-electron chi connectivity index (χ0n) is 11.2. The number of aromatic nitrogens is 3. The fourth-order valence-corrected chi connectivity index (χ4v) is 1.79. The van der Waals surface area contributed by atoms with Crippen molar-refractivity contribution in [2.75, 3.05) is 14.1 Å². The third-order valence-corrected chi connectivity index (χ3v) is 2.59. The average molecular weight is 256 g/mol. The maximum absolute atomic E-state index is 11.8. The van der Waals surface area contributed by atoms with Gasteiger partial charge in [-0.25, -0.2) is 4.98 Å². The first kappa shape index (κ1) is 13.0. The lowest BCUT2D eigenvalue weighted by Crippen LogP contribution is -2.10. The Kier molecular flexibility index (Phi) is 3.75. The van der Waals surface area contributed by atoms with Crippen molar-refractivity contribution in [2.24, 2.45) is 0 Å². The molecule has 2 aromatic heterocycles. The number of Topliss-reactive ketones (excluding diaryl/α,β-unsaturated/α-hetero) is 1. The molecule has 0 aliphatic carbocycles. The first-order valence-corrected chi connectivity index (χ1v) is 5.92. The lowest BCUT2D eigenvalue weighted by Gasteiger charge is -2.13. The molecular formula is C14H16N4O. The van der Waals surface area contributed by atoms with Crippen molar-refractivity contribution in [1.29, 1.82) is 0 Å². The molecule has 0 aromatic carbocycles. The van der Waals surface area contributed by atoms with Crippen LogP contribution < -0.4 is 0 Å². The minimum Gasteiger partial charge on any atom is -0.383 e. The first-order chi connectivity index (χ1) is 9.09. The van der Waals surface area contributed by atoms with Gasteiger partial charge >= 0.3 is 0 Å². The van der Waals surface area contributed by atoms with Gasteiger partial charge in [0.15, 0.2) is 5.78 Å². The van der Waals surface area contributed by atoms with Crippen LogP contribution in [0.1, 0.15) is 12.6 Å². The van der Waals surface area contributed by atoms with Crippen LogP contribution in [0, 0.1) is 0 Å². The summed E-state index contributed by atoms with van der Waals surface area (Å²) in [6.45, 7) is 1.54. The zero-order valence-corrected chi connectivity index (χ0v) is 11.2. The topological polar surface area (TPSA) is 51.0 Å². The third kappa shape index (κ3) is 2.88. The van der Waals surface area contributed by atoms with Crippen molar-refractivity contribution in [3.63, 3.8) is 0 Å². The lowest BCUT2D eigenvalue weighted by molar-refractivity contribution is -0.111. The Hall–Kier alpha value is -2.43. The highest BCUT2D eigenvalue weighted by Crippen LogP contribution is 2.21. The van der Waals surface area contributed by atoms with Gasteiger partial charge < -0.3 is 9.47 Å². The fourth-order valence-electron chi connectivity index (χ4n) is 1.79. The van der Waals surface area contributed by atoms with E-state index in [2.05, 4.69) is 9.97 Å². The van der Waals surface area contributed by atoms with E-state index in [9.17, 15) is 4.79 Å². The van der Waals surface area contributed by atoms with Crippen LogP contribution in [0.2, 0.25) is 0 Å². The summed E-state index contributed by atoms with van der Waals surface area (Å²) < 4.78 is 1.84. The standard InChI is InChI=1S/C14H16N4O/c1-11(19)12(9-17(2)3)14-13(5-4-6-16-14)18-8-7-15-10-18/h4-10H,1-3H3. The molecule has 0 spiro atoms. The Morgan fingerprint density at radius 1 is 1.37 bits per heavy atom. The molecule has 0 unspecified atom stereocenters. The molecule has 0 amide bonds. The molecule has 2 rings (SSSR count). The predicted octanol–water partition coefficient (Wildman–Crippen LogP) is 1.76. The van der Waals surface area contributed by atoms with Crippen LogP contribution in [-0.2, 0) is 4.79 Å². The predicted molar refractivity (Wildman–Crippen MR) is 73.7 cm³/mol. The van der Waals surface area contributed by atoms with E-state index in [0.29, 0.717) is 11.3 Å².